The number of cyclic esters (lactones) is 1. The predicted molar refractivity (Wildman–Crippen MR) is 100 cm³/mol. The highest BCUT2D eigenvalue weighted by atomic mass is 16.5. The van der Waals surface area contributed by atoms with Crippen molar-refractivity contribution in [2.45, 2.75) is 83.7 Å². The van der Waals surface area contributed by atoms with Crippen LogP contribution in [0.25, 0.3) is 0 Å². The van der Waals surface area contributed by atoms with Crippen molar-refractivity contribution in [1.82, 2.24) is 0 Å². The molecular formula is C23H34O3. The average Bonchev–Trinajstić information content (AvgIpc) is 3.15. The summed E-state index contributed by atoms with van der Waals surface area (Å²) < 4.78 is 5.22. The van der Waals surface area contributed by atoms with E-state index >= 15 is 0 Å². The third-order valence-electron chi connectivity index (χ3n) is 9.90. The Balaban J connectivity index is 1.48. The Hall–Kier alpha value is -0.830. The van der Waals surface area contributed by atoms with Gasteiger partial charge in [0.05, 0.1) is 5.60 Å². The number of hydrogen-bond donors (Lipinski definition) is 1. The van der Waals surface area contributed by atoms with E-state index in [0.717, 1.165) is 30.8 Å². The molecule has 0 bridgehead atoms. The Bertz CT molecular complexity index is 654. The van der Waals surface area contributed by atoms with Gasteiger partial charge in [0.2, 0.25) is 0 Å². The molecule has 5 aliphatic rings. The molecule has 1 N–H and O–H groups in total. The first-order chi connectivity index (χ1) is 12.4. The first-order valence-corrected chi connectivity index (χ1v) is 11.0. The zero-order valence-electron chi connectivity index (χ0n) is 16.4. The highest BCUT2D eigenvalue weighted by Crippen LogP contribution is 2.69. The van der Waals surface area contributed by atoms with Gasteiger partial charge in [-0.15, -0.1) is 0 Å². The highest BCUT2D eigenvalue weighted by Gasteiger charge is 2.67. The molecule has 1 heterocycles. The van der Waals surface area contributed by atoms with Gasteiger partial charge in [-0.1, -0.05) is 26.7 Å². The molecule has 4 aliphatic carbocycles. The number of ether oxygens (including phenoxy) is 1. The van der Waals surface area contributed by atoms with Crippen LogP contribution >= 0.6 is 0 Å². The third-order valence-corrected chi connectivity index (χ3v) is 9.90. The molecule has 0 radical (unpaired) electrons. The van der Waals surface area contributed by atoms with E-state index < -0.39 is 5.60 Å². The topological polar surface area (TPSA) is 46.5 Å². The lowest BCUT2D eigenvalue weighted by Gasteiger charge is -2.63. The van der Waals surface area contributed by atoms with Crippen LogP contribution in [0.3, 0.4) is 0 Å². The summed E-state index contributed by atoms with van der Waals surface area (Å²) in [5, 5.41) is 12.1. The Morgan fingerprint density at radius 1 is 1.00 bits per heavy atom. The van der Waals surface area contributed by atoms with Gasteiger partial charge in [-0.05, 0) is 86.0 Å². The number of esters is 1. The molecule has 0 aromatic rings. The van der Waals surface area contributed by atoms with E-state index in [-0.39, 0.29) is 11.4 Å². The van der Waals surface area contributed by atoms with Crippen LogP contribution in [-0.2, 0) is 9.53 Å². The van der Waals surface area contributed by atoms with Gasteiger partial charge in [0.1, 0.15) is 6.61 Å². The SMILES string of the molecule is C[C@]12CCCCC1CC[C@@H]1[C@@H]2CC[C@]2(C)[C@@H](C3=CC(=O)OC3)CC[C@]12O. The average molecular weight is 359 g/mol. The number of carbonyl (C=O) groups excluding carboxylic acids is 1. The molecule has 4 fully saturated rings. The Kier molecular flexibility index (Phi) is 3.72. The zero-order valence-corrected chi connectivity index (χ0v) is 16.4. The molecule has 3 heteroatoms. The maximum absolute atomic E-state index is 12.1. The minimum absolute atomic E-state index is 0.0914. The quantitative estimate of drug-likeness (QED) is 0.695. The minimum Gasteiger partial charge on any atom is -0.458 e. The van der Waals surface area contributed by atoms with E-state index in [4.69, 9.17) is 4.74 Å². The predicted octanol–water partition coefficient (Wildman–Crippen LogP) is 4.63. The fourth-order valence-electron chi connectivity index (χ4n) is 8.45. The Morgan fingerprint density at radius 3 is 2.62 bits per heavy atom. The van der Waals surface area contributed by atoms with Crippen molar-refractivity contribution in [2.75, 3.05) is 6.61 Å². The number of hydrogen-bond acceptors (Lipinski definition) is 3. The summed E-state index contributed by atoms with van der Waals surface area (Å²) in [5.41, 5.74) is 0.941. The van der Waals surface area contributed by atoms with Gasteiger partial charge in [0, 0.05) is 11.5 Å². The second-order valence-corrected chi connectivity index (χ2v) is 10.5. The van der Waals surface area contributed by atoms with E-state index in [1.165, 1.54) is 44.9 Å². The molecule has 0 aromatic carbocycles. The van der Waals surface area contributed by atoms with Crippen molar-refractivity contribution in [2.24, 2.45) is 34.5 Å². The standard InChI is InChI=1S/C23H34O3/c1-21-10-4-3-5-16(21)6-7-19-18(21)8-11-22(2)17(9-12-23(19,22)25)15-13-20(24)26-14-15/h13,16-19,25H,3-12,14H2,1-2H3/t16?,17-,18+,19-,21+,22-,23+/m1/s1. The van der Waals surface area contributed by atoms with E-state index in [1.54, 1.807) is 6.08 Å². The summed E-state index contributed by atoms with van der Waals surface area (Å²) >= 11 is 0. The molecule has 0 saturated heterocycles. The number of carbonyl (C=O) groups is 1. The maximum atomic E-state index is 12.1. The van der Waals surface area contributed by atoms with Crippen molar-refractivity contribution in [1.29, 1.82) is 0 Å². The summed E-state index contributed by atoms with van der Waals surface area (Å²) in [5.74, 6) is 2.14. The van der Waals surface area contributed by atoms with Crippen LogP contribution in [0.1, 0.15) is 78.1 Å². The normalized spacial score (nSPS) is 53.3. The molecule has 1 aliphatic heterocycles. The lowest BCUT2D eigenvalue weighted by molar-refractivity contribution is -0.203. The third kappa shape index (κ3) is 2.07. The van der Waals surface area contributed by atoms with Crippen LogP contribution in [0, 0.1) is 34.5 Å². The number of aliphatic hydroxyl groups is 1. The van der Waals surface area contributed by atoms with Gasteiger partial charge in [-0.2, -0.15) is 0 Å². The molecule has 0 spiro atoms. The van der Waals surface area contributed by atoms with E-state index in [2.05, 4.69) is 13.8 Å². The van der Waals surface area contributed by atoms with E-state index in [9.17, 15) is 9.90 Å². The molecule has 5 rings (SSSR count). The van der Waals surface area contributed by atoms with Gasteiger partial charge in [0.15, 0.2) is 0 Å². The molecule has 144 valence electrons. The lowest BCUT2D eigenvalue weighted by atomic mass is 9.43. The van der Waals surface area contributed by atoms with Crippen LogP contribution in [0.2, 0.25) is 0 Å². The smallest absolute Gasteiger partial charge is 0.331 e. The van der Waals surface area contributed by atoms with Crippen molar-refractivity contribution >= 4 is 5.97 Å². The minimum atomic E-state index is -0.557. The summed E-state index contributed by atoms with van der Waals surface area (Å²) in [4.78, 5) is 11.6. The molecule has 26 heavy (non-hydrogen) atoms. The van der Waals surface area contributed by atoms with Crippen molar-refractivity contribution in [3.8, 4) is 0 Å². The molecule has 0 aromatic heterocycles. The van der Waals surface area contributed by atoms with Crippen LogP contribution in [0.5, 0.6) is 0 Å². The van der Waals surface area contributed by atoms with Crippen molar-refractivity contribution in [3.63, 3.8) is 0 Å². The van der Waals surface area contributed by atoms with Gasteiger partial charge < -0.3 is 9.84 Å². The van der Waals surface area contributed by atoms with Crippen LogP contribution < -0.4 is 0 Å². The first-order valence-electron chi connectivity index (χ1n) is 11.0. The lowest BCUT2D eigenvalue weighted by Crippen LogP contribution is -2.61. The van der Waals surface area contributed by atoms with E-state index in [1.807, 2.05) is 0 Å². The molecule has 0 amide bonds. The molecule has 3 nitrogen and oxygen atoms in total. The van der Waals surface area contributed by atoms with Crippen molar-refractivity contribution in [3.05, 3.63) is 11.6 Å². The number of rotatable bonds is 1. The molecular weight excluding hydrogens is 324 g/mol. The fraction of sp³-hybridized carbons (Fsp3) is 0.870. The summed E-state index contributed by atoms with van der Waals surface area (Å²) in [6.07, 6.45) is 14.1. The highest BCUT2D eigenvalue weighted by molar-refractivity contribution is 5.85. The fourth-order valence-corrected chi connectivity index (χ4v) is 8.45. The Morgan fingerprint density at radius 2 is 1.85 bits per heavy atom. The van der Waals surface area contributed by atoms with Crippen LogP contribution in [-0.4, -0.2) is 23.3 Å². The number of fused-ring (bicyclic) bond motifs is 5. The van der Waals surface area contributed by atoms with Crippen molar-refractivity contribution < 1.29 is 14.6 Å². The van der Waals surface area contributed by atoms with Gasteiger partial charge in [-0.25, -0.2) is 4.79 Å². The summed E-state index contributed by atoms with van der Waals surface area (Å²) in [7, 11) is 0. The van der Waals surface area contributed by atoms with Gasteiger partial charge >= 0.3 is 5.97 Å². The maximum Gasteiger partial charge on any atom is 0.331 e. The summed E-state index contributed by atoms with van der Waals surface area (Å²) in [6, 6.07) is 0. The Labute approximate surface area is 157 Å². The molecule has 7 atom stereocenters. The van der Waals surface area contributed by atoms with Gasteiger partial charge in [-0.3, -0.25) is 0 Å². The van der Waals surface area contributed by atoms with Crippen LogP contribution in [0.4, 0.5) is 0 Å². The first kappa shape index (κ1) is 17.3. The second-order valence-electron chi connectivity index (χ2n) is 10.5. The summed E-state index contributed by atoms with van der Waals surface area (Å²) in [6.45, 7) is 5.32. The zero-order chi connectivity index (χ0) is 18.2. The van der Waals surface area contributed by atoms with Gasteiger partial charge in [0.25, 0.3) is 0 Å². The van der Waals surface area contributed by atoms with E-state index in [0.29, 0.717) is 29.8 Å². The second kappa shape index (κ2) is 5.59. The largest absolute Gasteiger partial charge is 0.458 e. The molecule has 4 saturated carbocycles. The molecule has 1 unspecified atom stereocenters. The van der Waals surface area contributed by atoms with Crippen LogP contribution in [0.15, 0.2) is 11.6 Å². The monoisotopic (exact) mass is 358 g/mol.